The predicted octanol–water partition coefficient (Wildman–Crippen LogP) is -0.286. The molecular weight excluding hydrogens is 270 g/mol. The number of carbonyl (C=O) groups is 2. The minimum Gasteiger partial charge on any atom is -0.347 e. The van der Waals surface area contributed by atoms with Crippen LogP contribution in [0.5, 0.6) is 0 Å². The van der Waals surface area contributed by atoms with Crippen molar-refractivity contribution in [3.63, 3.8) is 0 Å². The van der Waals surface area contributed by atoms with Crippen molar-refractivity contribution in [3.8, 4) is 0 Å². The van der Waals surface area contributed by atoms with Crippen LogP contribution in [-0.2, 0) is 11.3 Å². The van der Waals surface area contributed by atoms with Gasteiger partial charge in [0.25, 0.3) is 5.91 Å². The van der Waals surface area contributed by atoms with Crippen LogP contribution in [0.1, 0.15) is 23.1 Å². The Hall–Kier alpha value is -1.89. The molecule has 0 saturated carbocycles. The number of hydrogen-bond donors (Lipinski definition) is 1. The first-order chi connectivity index (χ1) is 9.95. The fraction of sp³-hybridized carbons (Fsp3) is 0.643. The van der Waals surface area contributed by atoms with E-state index in [0.29, 0.717) is 31.9 Å². The van der Waals surface area contributed by atoms with Gasteiger partial charge in [0.2, 0.25) is 5.91 Å². The van der Waals surface area contributed by atoms with Gasteiger partial charge < -0.3 is 15.1 Å². The molecule has 0 aromatic carbocycles. The first kappa shape index (κ1) is 15.5. The summed E-state index contributed by atoms with van der Waals surface area (Å²) in [7, 11) is 3.42. The van der Waals surface area contributed by atoms with Crippen LogP contribution in [0, 0.1) is 6.92 Å². The van der Waals surface area contributed by atoms with Crippen LogP contribution in [0.4, 0.5) is 0 Å². The summed E-state index contributed by atoms with van der Waals surface area (Å²) in [5.74, 6) is -0.186. The molecule has 0 bridgehead atoms. The maximum absolute atomic E-state index is 12.8. The van der Waals surface area contributed by atoms with Crippen molar-refractivity contribution in [1.29, 1.82) is 0 Å². The summed E-state index contributed by atoms with van der Waals surface area (Å²) in [6.45, 7) is 6.15. The van der Waals surface area contributed by atoms with Crippen LogP contribution in [-0.4, -0.2) is 71.2 Å². The second-order valence-corrected chi connectivity index (χ2v) is 5.44. The van der Waals surface area contributed by atoms with E-state index in [4.69, 9.17) is 0 Å². The molecule has 1 fully saturated rings. The molecule has 0 radical (unpaired) electrons. The standard InChI is InChI=1S/C14H23N5O2/c1-5-19-11(8-10(2)16-19)14(21)18-7-6-15-9-12(18)13(20)17(3)4/h8,12,15H,5-7,9H2,1-4H3. The lowest BCUT2D eigenvalue weighted by Crippen LogP contribution is -2.59. The molecule has 21 heavy (non-hydrogen) atoms. The van der Waals surface area contributed by atoms with E-state index >= 15 is 0 Å². The number of hydrogen-bond acceptors (Lipinski definition) is 4. The molecule has 1 unspecified atom stereocenters. The third-order valence-corrected chi connectivity index (χ3v) is 3.65. The third-order valence-electron chi connectivity index (χ3n) is 3.65. The highest BCUT2D eigenvalue weighted by atomic mass is 16.2. The van der Waals surface area contributed by atoms with Gasteiger partial charge in [0.05, 0.1) is 5.69 Å². The molecule has 116 valence electrons. The van der Waals surface area contributed by atoms with E-state index in [1.54, 1.807) is 29.7 Å². The van der Waals surface area contributed by atoms with Gasteiger partial charge >= 0.3 is 0 Å². The summed E-state index contributed by atoms with van der Waals surface area (Å²) in [5, 5.41) is 7.49. The number of amides is 2. The zero-order chi connectivity index (χ0) is 15.6. The second-order valence-electron chi connectivity index (χ2n) is 5.44. The average Bonchev–Trinajstić information content (AvgIpc) is 2.86. The highest BCUT2D eigenvalue weighted by molar-refractivity contribution is 5.96. The number of nitrogens with one attached hydrogen (secondary N) is 1. The Morgan fingerprint density at radius 2 is 2.19 bits per heavy atom. The van der Waals surface area contributed by atoms with Crippen molar-refractivity contribution in [3.05, 3.63) is 17.5 Å². The van der Waals surface area contributed by atoms with E-state index in [2.05, 4.69) is 10.4 Å². The van der Waals surface area contributed by atoms with Crippen LogP contribution >= 0.6 is 0 Å². The summed E-state index contributed by atoms with van der Waals surface area (Å²) < 4.78 is 1.69. The lowest BCUT2D eigenvalue weighted by molar-refractivity contribution is -0.134. The summed E-state index contributed by atoms with van der Waals surface area (Å²) in [5.41, 5.74) is 1.36. The number of piperazine rings is 1. The van der Waals surface area contributed by atoms with Gasteiger partial charge in [-0.25, -0.2) is 0 Å². The van der Waals surface area contributed by atoms with E-state index in [0.717, 1.165) is 5.69 Å². The molecule has 2 rings (SSSR count). The molecule has 1 saturated heterocycles. The van der Waals surface area contributed by atoms with Crippen molar-refractivity contribution in [2.75, 3.05) is 33.7 Å². The van der Waals surface area contributed by atoms with Gasteiger partial charge in [-0.3, -0.25) is 14.3 Å². The molecule has 0 spiro atoms. The zero-order valence-electron chi connectivity index (χ0n) is 13.1. The monoisotopic (exact) mass is 293 g/mol. The van der Waals surface area contributed by atoms with E-state index in [9.17, 15) is 9.59 Å². The topological polar surface area (TPSA) is 70.5 Å². The largest absolute Gasteiger partial charge is 0.347 e. The lowest BCUT2D eigenvalue weighted by Gasteiger charge is -2.36. The summed E-state index contributed by atoms with van der Waals surface area (Å²) in [6, 6.07) is 1.33. The smallest absolute Gasteiger partial charge is 0.272 e. The van der Waals surface area contributed by atoms with Gasteiger partial charge in [0.1, 0.15) is 11.7 Å². The Morgan fingerprint density at radius 3 is 2.81 bits per heavy atom. The molecule has 2 heterocycles. The van der Waals surface area contributed by atoms with E-state index in [-0.39, 0.29) is 11.8 Å². The molecule has 1 aromatic rings. The molecule has 7 heteroatoms. The van der Waals surface area contributed by atoms with Crippen molar-refractivity contribution in [1.82, 2.24) is 24.9 Å². The van der Waals surface area contributed by atoms with Gasteiger partial charge in [0.15, 0.2) is 0 Å². The van der Waals surface area contributed by atoms with Crippen molar-refractivity contribution in [2.45, 2.75) is 26.4 Å². The Bertz CT molecular complexity index is 537. The molecule has 7 nitrogen and oxygen atoms in total. The number of carbonyl (C=O) groups excluding carboxylic acids is 2. The highest BCUT2D eigenvalue weighted by Crippen LogP contribution is 2.13. The van der Waals surface area contributed by atoms with Crippen LogP contribution in [0.25, 0.3) is 0 Å². The fourth-order valence-corrected chi connectivity index (χ4v) is 2.57. The van der Waals surface area contributed by atoms with Gasteiger partial charge in [-0.05, 0) is 19.9 Å². The number of aromatic nitrogens is 2. The van der Waals surface area contributed by atoms with E-state index in [1.165, 1.54) is 4.90 Å². The average molecular weight is 293 g/mol. The number of likely N-dealkylation sites (N-methyl/N-ethyl adjacent to an activating group) is 1. The van der Waals surface area contributed by atoms with Gasteiger partial charge in [-0.15, -0.1) is 0 Å². The van der Waals surface area contributed by atoms with Crippen molar-refractivity contribution in [2.24, 2.45) is 0 Å². The van der Waals surface area contributed by atoms with Crippen LogP contribution in [0.3, 0.4) is 0 Å². The van der Waals surface area contributed by atoms with Crippen molar-refractivity contribution < 1.29 is 9.59 Å². The quantitative estimate of drug-likeness (QED) is 0.832. The molecule has 1 aliphatic rings. The van der Waals surface area contributed by atoms with E-state index in [1.807, 2.05) is 13.8 Å². The Balaban J connectivity index is 2.28. The van der Waals surface area contributed by atoms with Crippen LogP contribution in [0.2, 0.25) is 0 Å². The zero-order valence-corrected chi connectivity index (χ0v) is 13.1. The van der Waals surface area contributed by atoms with Gasteiger partial charge in [-0.1, -0.05) is 0 Å². The van der Waals surface area contributed by atoms with Gasteiger partial charge in [0, 0.05) is 40.3 Å². The minimum atomic E-state index is -0.457. The maximum atomic E-state index is 12.8. The number of nitrogens with zero attached hydrogens (tertiary/aromatic N) is 4. The van der Waals surface area contributed by atoms with Crippen molar-refractivity contribution >= 4 is 11.8 Å². The molecule has 2 amide bonds. The molecule has 1 aliphatic heterocycles. The van der Waals surface area contributed by atoms with E-state index < -0.39 is 6.04 Å². The first-order valence-electron chi connectivity index (χ1n) is 7.23. The fourth-order valence-electron chi connectivity index (χ4n) is 2.57. The first-order valence-corrected chi connectivity index (χ1v) is 7.23. The summed E-state index contributed by atoms with van der Waals surface area (Å²) >= 11 is 0. The molecule has 1 N–H and O–H groups in total. The lowest BCUT2D eigenvalue weighted by atomic mass is 10.1. The summed E-state index contributed by atoms with van der Waals surface area (Å²) in [4.78, 5) is 28.3. The normalized spacial score (nSPS) is 18.7. The van der Waals surface area contributed by atoms with Crippen LogP contribution in [0.15, 0.2) is 6.07 Å². The highest BCUT2D eigenvalue weighted by Gasteiger charge is 2.34. The molecular formula is C14H23N5O2. The van der Waals surface area contributed by atoms with Crippen LogP contribution < -0.4 is 5.32 Å². The molecule has 1 aromatic heterocycles. The third kappa shape index (κ3) is 3.07. The van der Waals surface area contributed by atoms with Gasteiger partial charge in [-0.2, -0.15) is 5.10 Å². The minimum absolute atomic E-state index is 0.0603. The summed E-state index contributed by atoms with van der Waals surface area (Å²) in [6.07, 6.45) is 0. The predicted molar refractivity (Wildman–Crippen MR) is 79.0 cm³/mol. The Morgan fingerprint density at radius 1 is 1.48 bits per heavy atom. The Kier molecular flexibility index (Phi) is 4.62. The second kappa shape index (κ2) is 6.26. The SMILES string of the molecule is CCn1nc(C)cc1C(=O)N1CCNCC1C(=O)N(C)C. The maximum Gasteiger partial charge on any atom is 0.272 e. The Labute approximate surface area is 124 Å². The number of rotatable bonds is 3. The number of aryl methyl sites for hydroxylation is 2. The molecule has 0 aliphatic carbocycles. The molecule has 1 atom stereocenters.